The van der Waals surface area contributed by atoms with Crippen molar-refractivity contribution in [1.82, 2.24) is 15.2 Å². The number of carbonyl (C=O) groups is 1. The van der Waals surface area contributed by atoms with Crippen LogP contribution in [0.2, 0.25) is 0 Å². The molecule has 1 N–H and O–H groups in total. The molecule has 0 fully saturated rings. The second-order valence-corrected chi connectivity index (χ2v) is 4.86. The highest BCUT2D eigenvalue weighted by molar-refractivity contribution is 5.74. The number of hydrogen-bond acceptors (Lipinski definition) is 2. The third-order valence-corrected chi connectivity index (χ3v) is 3.42. The van der Waals surface area contributed by atoms with E-state index < -0.39 is 0 Å². The van der Waals surface area contributed by atoms with Crippen molar-refractivity contribution in [1.29, 1.82) is 0 Å². The molecule has 1 heterocycles. The van der Waals surface area contributed by atoms with E-state index >= 15 is 0 Å². The van der Waals surface area contributed by atoms with Crippen molar-refractivity contribution in [2.45, 2.75) is 19.5 Å². The van der Waals surface area contributed by atoms with Crippen LogP contribution >= 0.6 is 0 Å². The van der Waals surface area contributed by atoms with Crippen LogP contribution in [-0.4, -0.2) is 23.0 Å². The lowest BCUT2D eigenvalue weighted by molar-refractivity contribution is 0.194. The number of urea groups is 1. The highest BCUT2D eigenvalue weighted by Gasteiger charge is 2.17. The Morgan fingerprint density at radius 3 is 2.67 bits per heavy atom. The summed E-state index contributed by atoms with van der Waals surface area (Å²) in [6, 6.07) is 9.56. The number of carbonyl (C=O) groups excluding carboxylic acids is 1. The van der Waals surface area contributed by atoms with Gasteiger partial charge in [0.25, 0.3) is 0 Å². The number of amides is 2. The van der Waals surface area contributed by atoms with Gasteiger partial charge in [-0.25, -0.2) is 9.18 Å². The first kappa shape index (κ1) is 15.0. The molecule has 110 valence electrons. The molecule has 1 aromatic carbocycles. The lowest BCUT2D eigenvalue weighted by Crippen LogP contribution is -2.38. The van der Waals surface area contributed by atoms with E-state index in [9.17, 15) is 9.18 Å². The average molecular weight is 287 g/mol. The molecule has 0 saturated heterocycles. The van der Waals surface area contributed by atoms with Crippen molar-refractivity contribution in [2.24, 2.45) is 0 Å². The van der Waals surface area contributed by atoms with E-state index in [4.69, 9.17) is 0 Å². The number of benzene rings is 1. The third kappa shape index (κ3) is 4.02. The van der Waals surface area contributed by atoms with Crippen molar-refractivity contribution < 1.29 is 9.18 Å². The predicted octanol–water partition coefficient (Wildman–Crippen LogP) is 3.12. The summed E-state index contributed by atoms with van der Waals surface area (Å²) < 4.78 is 12.9. The quantitative estimate of drug-likeness (QED) is 0.939. The fraction of sp³-hybridized carbons (Fsp3) is 0.250. The smallest absolute Gasteiger partial charge is 0.317 e. The molecule has 2 rings (SSSR count). The molecule has 21 heavy (non-hydrogen) atoms. The summed E-state index contributed by atoms with van der Waals surface area (Å²) in [6.07, 6.45) is 3.40. The molecule has 4 nitrogen and oxygen atoms in total. The topological polar surface area (TPSA) is 45.2 Å². The number of halogens is 1. The van der Waals surface area contributed by atoms with Crippen molar-refractivity contribution >= 4 is 6.03 Å². The first-order valence-corrected chi connectivity index (χ1v) is 6.73. The van der Waals surface area contributed by atoms with Crippen LogP contribution in [0.3, 0.4) is 0 Å². The fourth-order valence-corrected chi connectivity index (χ4v) is 1.95. The van der Waals surface area contributed by atoms with Crippen LogP contribution in [0.4, 0.5) is 9.18 Å². The predicted molar refractivity (Wildman–Crippen MR) is 79.1 cm³/mol. The molecule has 0 aliphatic rings. The molecule has 0 aliphatic heterocycles. The fourth-order valence-electron chi connectivity index (χ4n) is 1.95. The molecule has 0 spiro atoms. The van der Waals surface area contributed by atoms with Gasteiger partial charge in [0.2, 0.25) is 0 Å². The molecule has 0 saturated carbocycles. The van der Waals surface area contributed by atoms with Crippen LogP contribution in [-0.2, 0) is 6.54 Å². The highest BCUT2D eigenvalue weighted by atomic mass is 19.1. The zero-order chi connectivity index (χ0) is 15.2. The van der Waals surface area contributed by atoms with Gasteiger partial charge in [0.15, 0.2) is 0 Å². The van der Waals surface area contributed by atoms with Crippen LogP contribution in [0, 0.1) is 5.82 Å². The maximum atomic E-state index is 12.9. The second-order valence-electron chi connectivity index (χ2n) is 4.86. The van der Waals surface area contributed by atoms with E-state index in [-0.39, 0.29) is 17.9 Å². The monoisotopic (exact) mass is 287 g/mol. The van der Waals surface area contributed by atoms with Crippen molar-refractivity contribution in [3.8, 4) is 0 Å². The average Bonchev–Trinajstić information content (AvgIpc) is 2.53. The van der Waals surface area contributed by atoms with Gasteiger partial charge in [-0.3, -0.25) is 4.98 Å². The number of aromatic nitrogens is 1. The lowest BCUT2D eigenvalue weighted by Gasteiger charge is -2.25. The number of pyridine rings is 1. The zero-order valence-corrected chi connectivity index (χ0v) is 12.1. The van der Waals surface area contributed by atoms with Gasteiger partial charge in [-0.15, -0.1) is 0 Å². The third-order valence-electron chi connectivity index (χ3n) is 3.42. The molecule has 2 aromatic rings. The summed E-state index contributed by atoms with van der Waals surface area (Å²) in [6.45, 7) is 2.32. The Kier molecular flexibility index (Phi) is 4.87. The molecule has 1 aromatic heterocycles. The Morgan fingerprint density at radius 2 is 2.05 bits per heavy atom. The molecular weight excluding hydrogens is 269 g/mol. The standard InChI is InChI=1S/C16H18FN3O/c1-12(14-5-7-15(17)8-6-14)20(2)16(21)19-11-13-4-3-9-18-10-13/h3-10,12H,11H2,1-2H3,(H,19,21). The number of nitrogens with one attached hydrogen (secondary N) is 1. The maximum Gasteiger partial charge on any atom is 0.317 e. The molecule has 2 amide bonds. The van der Waals surface area contributed by atoms with E-state index in [1.165, 1.54) is 12.1 Å². The summed E-state index contributed by atoms with van der Waals surface area (Å²) >= 11 is 0. The Hall–Kier alpha value is -2.43. The minimum Gasteiger partial charge on any atom is -0.334 e. The van der Waals surface area contributed by atoms with Crippen LogP contribution in [0.15, 0.2) is 48.8 Å². The van der Waals surface area contributed by atoms with Gasteiger partial charge >= 0.3 is 6.03 Å². The van der Waals surface area contributed by atoms with Gasteiger partial charge in [-0.2, -0.15) is 0 Å². The Labute approximate surface area is 123 Å². The second kappa shape index (κ2) is 6.83. The SMILES string of the molecule is CC(c1ccc(F)cc1)N(C)C(=O)NCc1cccnc1. The van der Waals surface area contributed by atoms with Crippen LogP contribution in [0.1, 0.15) is 24.1 Å². The summed E-state index contributed by atoms with van der Waals surface area (Å²) in [5, 5.41) is 2.83. The molecule has 0 radical (unpaired) electrons. The summed E-state index contributed by atoms with van der Waals surface area (Å²) in [7, 11) is 1.71. The van der Waals surface area contributed by atoms with E-state index in [1.54, 1.807) is 36.5 Å². The lowest BCUT2D eigenvalue weighted by atomic mass is 10.1. The normalized spacial score (nSPS) is 11.8. The Balaban J connectivity index is 1.94. The van der Waals surface area contributed by atoms with Crippen LogP contribution < -0.4 is 5.32 Å². The largest absolute Gasteiger partial charge is 0.334 e. The van der Waals surface area contributed by atoms with Gasteiger partial charge in [0.1, 0.15) is 5.82 Å². The Morgan fingerprint density at radius 1 is 1.33 bits per heavy atom. The van der Waals surface area contributed by atoms with Crippen LogP contribution in [0.25, 0.3) is 0 Å². The summed E-state index contributed by atoms with van der Waals surface area (Å²) in [5.41, 5.74) is 1.82. The van der Waals surface area contributed by atoms with Crippen molar-refractivity contribution in [3.05, 3.63) is 65.7 Å². The van der Waals surface area contributed by atoms with E-state index in [1.807, 2.05) is 19.1 Å². The van der Waals surface area contributed by atoms with Gasteiger partial charge in [-0.05, 0) is 36.2 Å². The van der Waals surface area contributed by atoms with E-state index in [0.29, 0.717) is 6.54 Å². The minimum atomic E-state index is -0.283. The van der Waals surface area contributed by atoms with Gasteiger partial charge < -0.3 is 10.2 Å². The van der Waals surface area contributed by atoms with Crippen molar-refractivity contribution in [2.75, 3.05) is 7.05 Å². The van der Waals surface area contributed by atoms with E-state index in [0.717, 1.165) is 11.1 Å². The Bertz CT molecular complexity index is 586. The number of nitrogens with zero attached hydrogens (tertiary/aromatic N) is 2. The van der Waals surface area contributed by atoms with Gasteiger partial charge in [0.05, 0.1) is 6.04 Å². The first-order valence-electron chi connectivity index (χ1n) is 6.73. The van der Waals surface area contributed by atoms with Crippen LogP contribution in [0.5, 0.6) is 0 Å². The van der Waals surface area contributed by atoms with Gasteiger partial charge in [-0.1, -0.05) is 18.2 Å². The number of rotatable bonds is 4. The maximum absolute atomic E-state index is 12.9. The summed E-state index contributed by atoms with van der Waals surface area (Å²) in [5.74, 6) is -0.283. The molecule has 1 atom stereocenters. The van der Waals surface area contributed by atoms with E-state index in [2.05, 4.69) is 10.3 Å². The highest BCUT2D eigenvalue weighted by Crippen LogP contribution is 2.18. The van der Waals surface area contributed by atoms with Crippen molar-refractivity contribution in [3.63, 3.8) is 0 Å². The molecule has 5 heteroatoms. The molecule has 0 bridgehead atoms. The first-order chi connectivity index (χ1) is 10.1. The molecule has 0 aliphatic carbocycles. The summed E-state index contributed by atoms with van der Waals surface area (Å²) in [4.78, 5) is 17.7. The molecule has 1 unspecified atom stereocenters. The molecular formula is C16H18FN3O. The van der Waals surface area contributed by atoms with Gasteiger partial charge in [0, 0.05) is 26.0 Å². The number of hydrogen-bond donors (Lipinski definition) is 1. The zero-order valence-electron chi connectivity index (χ0n) is 12.1. The minimum absolute atomic E-state index is 0.139.